The molecule has 0 heterocycles. The van der Waals surface area contributed by atoms with E-state index in [1.807, 2.05) is 0 Å². The Kier molecular flexibility index (Phi) is 9.66. The summed E-state index contributed by atoms with van der Waals surface area (Å²) >= 11 is 0. The highest BCUT2D eigenvalue weighted by atomic mass is 16.1. The van der Waals surface area contributed by atoms with Crippen molar-refractivity contribution in [2.75, 3.05) is 0 Å². The molecular formula is C21H30N2O2. The molecule has 0 fully saturated rings. The van der Waals surface area contributed by atoms with Crippen LogP contribution < -0.4 is 11.5 Å². The van der Waals surface area contributed by atoms with Gasteiger partial charge in [0, 0.05) is 0 Å². The predicted octanol–water partition coefficient (Wildman–Crippen LogP) is 3.81. The van der Waals surface area contributed by atoms with Crippen LogP contribution in [0.5, 0.6) is 0 Å². The molecule has 2 aromatic rings. The molecule has 4 nitrogen and oxygen atoms in total. The quantitative estimate of drug-likeness (QED) is 0.412. The molecule has 0 amide bonds. The molecule has 2 aromatic carbocycles. The zero-order valence-electron chi connectivity index (χ0n) is 15.1. The van der Waals surface area contributed by atoms with Crippen molar-refractivity contribution in [1.82, 2.24) is 0 Å². The fourth-order valence-electron chi connectivity index (χ4n) is 2.62. The largest absolute Gasteiger partial charge is 0.307 e. The molecule has 0 aliphatic heterocycles. The van der Waals surface area contributed by atoms with Crippen LogP contribution in [0.1, 0.15) is 45.4 Å². The van der Waals surface area contributed by atoms with E-state index >= 15 is 0 Å². The molecule has 2 rings (SSSR count). The van der Waals surface area contributed by atoms with Crippen molar-refractivity contribution in [1.29, 1.82) is 0 Å². The van der Waals surface area contributed by atoms with Crippen molar-refractivity contribution in [3.05, 3.63) is 48.5 Å². The van der Waals surface area contributed by atoms with Gasteiger partial charge in [0.1, 0.15) is 11.9 Å². The van der Waals surface area contributed by atoms with Crippen LogP contribution in [0, 0.1) is 5.92 Å². The number of rotatable bonds is 9. The number of carbonyl (C=O) groups excluding carboxylic acids is 2. The van der Waals surface area contributed by atoms with E-state index < -0.39 is 11.6 Å². The molecule has 0 bridgehead atoms. The Balaban J connectivity index is 0.000000267. The van der Waals surface area contributed by atoms with E-state index in [1.165, 1.54) is 23.6 Å². The van der Waals surface area contributed by atoms with E-state index in [1.54, 1.807) is 0 Å². The van der Waals surface area contributed by atoms with Gasteiger partial charge in [-0.05, 0) is 17.2 Å². The maximum atomic E-state index is 10.7. The van der Waals surface area contributed by atoms with Crippen molar-refractivity contribution in [3.8, 4) is 0 Å². The Morgan fingerprint density at radius 3 is 1.76 bits per heavy atom. The van der Waals surface area contributed by atoms with E-state index in [0.29, 0.717) is 19.0 Å². The zero-order valence-corrected chi connectivity index (χ0v) is 15.1. The summed E-state index contributed by atoms with van der Waals surface area (Å²) in [6, 6.07) is 16.7. The van der Waals surface area contributed by atoms with Gasteiger partial charge in [-0.1, -0.05) is 87.6 Å². The molecular weight excluding hydrogens is 312 g/mol. The molecule has 4 heteroatoms. The van der Waals surface area contributed by atoms with Gasteiger partial charge in [0.15, 0.2) is 6.29 Å². The van der Waals surface area contributed by atoms with Gasteiger partial charge in [-0.25, -0.2) is 0 Å². The number of unbranched alkanes of at least 4 members (excludes halogenated alkanes) is 4. The van der Waals surface area contributed by atoms with E-state index in [-0.39, 0.29) is 0 Å². The molecule has 0 saturated heterocycles. The highest BCUT2D eigenvalue weighted by Gasteiger charge is 2.29. The van der Waals surface area contributed by atoms with Gasteiger partial charge in [0.25, 0.3) is 0 Å². The van der Waals surface area contributed by atoms with Crippen LogP contribution in [0.15, 0.2) is 48.5 Å². The number of carbonyl (C=O) groups is 2. The molecule has 0 radical (unpaired) electrons. The van der Waals surface area contributed by atoms with Gasteiger partial charge in [0.05, 0.1) is 5.92 Å². The first-order valence-corrected chi connectivity index (χ1v) is 8.98. The molecule has 136 valence electrons. The van der Waals surface area contributed by atoms with Crippen LogP contribution in [-0.2, 0) is 9.59 Å². The highest BCUT2D eigenvalue weighted by molar-refractivity contribution is 5.82. The lowest BCUT2D eigenvalue weighted by molar-refractivity contribution is -0.120. The first kappa shape index (κ1) is 21.0. The van der Waals surface area contributed by atoms with Crippen LogP contribution in [0.4, 0.5) is 0 Å². The standard InChI is InChI=1S/C11H22N2O2.C10H8/c1-2-3-4-5-6-7-10(8-14)11(12,13)9-15;1-2-6-10-8-4-3-7-9(10)5-1/h8-10H,2-7,12-13H2,1H3;1-8H. The number of nitrogens with two attached hydrogens (primary N) is 2. The lowest BCUT2D eigenvalue weighted by atomic mass is 9.91. The summed E-state index contributed by atoms with van der Waals surface area (Å²) in [6.07, 6.45) is 7.25. The molecule has 0 saturated carbocycles. The van der Waals surface area contributed by atoms with Gasteiger partial charge in [0.2, 0.25) is 0 Å². The van der Waals surface area contributed by atoms with Crippen molar-refractivity contribution in [2.24, 2.45) is 17.4 Å². The third kappa shape index (κ3) is 7.59. The smallest absolute Gasteiger partial charge is 0.154 e. The van der Waals surface area contributed by atoms with E-state index in [4.69, 9.17) is 11.5 Å². The Hall–Kier alpha value is -2.04. The second kappa shape index (κ2) is 11.5. The van der Waals surface area contributed by atoms with Gasteiger partial charge in [-0.15, -0.1) is 0 Å². The summed E-state index contributed by atoms with van der Waals surface area (Å²) in [5, 5.41) is 2.62. The fourth-order valence-corrected chi connectivity index (χ4v) is 2.62. The summed E-state index contributed by atoms with van der Waals surface area (Å²) in [6.45, 7) is 2.14. The molecule has 1 unspecified atom stereocenters. The Morgan fingerprint density at radius 2 is 1.36 bits per heavy atom. The van der Waals surface area contributed by atoms with Gasteiger partial charge < -0.3 is 16.3 Å². The highest BCUT2D eigenvalue weighted by Crippen LogP contribution is 2.15. The van der Waals surface area contributed by atoms with Crippen molar-refractivity contribution >= 4 is 23.3 Å². The Labute approximate surface area is 150 Å². The molecule has 0 aliphatic carbocycles. The van der Waals surface area contributed by atoms with Crippen molar-refractivity contribution in [3.63, 3.8) is 0 Å². The summed E-state index contributed by atoms with van der Waals surface area (Å²) < 4.78 is 0. The number of aldehydes is 2. The summed E-state index contributed by atoms with van der Waals surface area (Å²) in [5.74, 6) is -0.559. The third-order valence-corrected chi connectivity index (χ3v) is 4.29. The van der Waals surface area contributed by atoms with E-state index in [9.17, 15) is 9.59 Å². The van der Waals surface area contributed by atoms with Crippen LogP contribution >= 0.6 is 0 Å². The molecule has 4 N–H and O–H groups in total. The Bertz CT molecular complexity index is 575. The normalized spacial score (nSPS) is 12.1. The first-order chi connectivity index (χ1) is 12.0. The molecule has 0 spiro atoms. The molecule has 25 heavy (non-hydrogen) atoms. The molecule has 0 aromatic heterocycles. The van der Waals surface area contributed by atoms with Gasteiger partial charge in [-0.3, -0.25) is 4.79 Å². The molecule has 0 aliphatic rings. The zero-order chi connectivity index (χ0) is 18.5. The maximum absolute atomic E-state index is 10.7. The molecule has 1 atom stereocenters. The number of fused-ring (bicyclic) bond motifs is 1. The predicted molar refractivity (Wildman–Crippen MR) is 104 cm³/mol. The second-order valence-corrected chi connectivity index (χ2v) is 6.41. The lowest BCUT2D eigenvalue weighted by Gasteiger charge is -2.23. The summed E-state index contributed by atoms with van der Waals surface area (Å²) in [4.78, 5) is 21.3. The topological polar surface area (TPSA) is 86.2 Å². The SMILES string of the molecule is CCCCCCCC(C=O)C(N)(N)C=O.c1ccc2ccccc2c1. The van der Waals surface area contributed by atoms with Crippen LogP contribution in [0.2, 0.25) is 0 Å². The van der Waals surface area contributed by atoms with Crippen LogP contribution in [0.25, 0.3) is 10.8 Å². The average molecular weight is 342 g/mol. The average Bonchev–Trinajstić information content (AvgIpc) is 2.65. The van der Waals surface area contributed by atoms with Gasteiger partial charge >= 0.3 is 0 Å². The van der Waals surface area contributed by atoms with Crippen molar-refractivity contribution in [2.45, 2.75) is 51.1 Å². The number of hydrogen-bond donors (Lipinski definition) is 2. The van der Waals surface area contributed by atoms with Gasteiger partial charge in [-0.2, -0.15) is 0 Å². The minimum absolute atomic E-state index is 0.456. The Morgan fingerprint density at radius 1 is 0.880 bits per heavy atom. The lowest BCUT2D eigenvalue weighted by Crippen LogP contribution is -2.57. The number of benzene rings is 2. The van der Waals surface area contributed by atoms with E-state index in [0.717, 1.165) is 19.3 Å². The maximum Gasteiger partial charge on any atom is 0.154 e. The number of hydrogen-bond acceptors (Lipinski definition) is 4. The van der Waals surface area contributed by atoms with Crippen molar-refractivity contribution < 1.29 is 9.59 Å². The monoisotopic (exact) mass is 342 g/mol. The summed E-state index contributed by atoms with van der Waals surface area (Å²) in [5.41, 5.74) is 9.49. The summed E-state index contributed by atoms with van der Waals surface area (Å²) in [7, 11) is 0. The first-order valence-electron chi connectivity index (χ1n) is 8.98. The van der Waals surface area contributed by atoms with Crippen LogP contribution in [0.3, 0.4) is 0 Å². The third-order valence-electron chi connectivity index (χ3n) is 4.29. The second-order valence-electron chi connectivity index (χ2n) is 6.41. The minimum Gasteiger partial charge on any atom is -0.307 e. The minimum atomic E-state index is -1.49. The fraction of sp³-hybridized carbons (Fsp3) is 0.429. The van der Waals surface area contributed by atoms with E-state index in [2.05, 4.69) is 55.5 Å². The van der Waals surface area contributed by atoms with Crippen LogP contribution in [-0.4, -0.2) is 18.2 Å².